The molecule has 152 valence electrons. The molecule has 0 N–H and O–H groups in total. The Labute approximate surface area is 167 Å². The standard InChI is InChI=1S/C20H31BN4O3/c1-14(26)24-9-8-15(12-24)13-25(17-6-7-17)18-22-10-16(11-23-18)21-27-19(2,3)20(4,5)28-21/h10-11,15,17H,6-9,12-13H2,1-5H3. The van der Waals surface area contributed by atoms with E-state index in [4.69, 9.17) is 9.31 Å². The first-order valence-corrected chi connectivity index (χ1v) is 10.4. The highest BCUT2D eigenvalue weighted by Crippen LogP contribution is 2.36. The number of amides is 1. The van der Waals surface area contributed by atoms with Gasteiger partial charge in [0.25, 0.3) is 0 Å². The van der Waals surface area contributed by atoms with Crippen LogP contribution >= 0.6 is 0 Å². The Kier molecular flexibility index (Phi) is 4.90. The molecule has 2 aliphatic heterocycles. The van der Waals surface area contributed by atoms with Crippen molar-refractivity contribution >= 4 is 24.4 Å². The van der Waals surface area contributed by atoms with Crippen LogP contribution in [0.5, 0.6) is 0 Å². The van der Waals surface area contributed by atoms with Gasteiger partial charge < -0.3 is 19.1 Å². The zero-order valence-corrected chi connectivity index (χ0v) is 17.6. The molecule has 0 bridgehead atoms. The molecule has 8 heteroatoms. The van der Waals surface area contributed by atoms with Crippen molar-refractivity contribution in [1.29, 1.82) is 0 Å². The number of carbonyl (C=O) groups excluding carboxylic acids is 1. The monoisotopic (exact) mass is 386 g/mol. The van der Waals surface area contributed by atoms with Crippen LogP contribution in [0.1, 0.15) is 53.9 Å². The summed E-state index contributed by atoms with van der Waals surface area (Å²) in [5.74, 6) is 1.42. The van der Waals surface area contributed by atoms with E-state index in [9.17, 15) is 4.79 Å². The summed E-state index contributed by atoms with van der Waals surface area (Å²) in [5, 5.41) is 0. The van der Waals surface area contributed by atoms with Gasteiger partial charge in [-0.15, -0.1) is 0 Å². The van der Waals surface area contributed by atoms with Crippen LogP contribution in [-0.4, -0.2) is 64.8 Å². The van der Waals surface area contributed by atoms with Crippen LogP contribution in [0.15, 0.2) is 12.4 Å². The highest BCUT2D eigenvalue weighted by Gasteiger charge is 2.52. The van der Waals surface area contributed by atoms with Gasteiger partial charge in [0.1, 0.15) is 0 Å². The first kappa shape index (κ1) is 19.6. The number of aromatic nitrogens is 2. The third kappa shape index (κ3) is 3.76. The van der Waals surface area contributed by atoms with Crippen molar-refractivity contribution in [3.8, 4) is 0 Å². The summed E-state index contributed by atoms with van der Waals surface area (Å²) in [7, 11) is -0.438. The predicted octanol–water partition coefficient (Wildman–Crippen LogP) is 1.61. The Morgan fingerprint density at radius 1 is 1.18 bits per heavy atom. The average molecular weight is 386 g/mol. The van der Waals surface area contributed by atoms with Crippen LogP contribution < -0.4 is 10.4 Å². The average Bonchev–Trinajstić information content (AvgIpc) is 3.30. The number of nitrogens with zero attached hydrogens (tertiary/aromatic N) is 4. The van der Waals surface area contributed by atoms with E-state index >= 15 is 0 Å². The fourth-order valence-corrected chi connectivity index (χ4v) is 3.91. The van der Waals surface area contributed by atoms with E-state index in [0.717, 1.165) is 37.5 Å². The van der Waals surface area contributed by atoms with Gasteiger partial charge in [0, 0.05) is 50.5 Å². The van der Waals surface area contributed by atoms with Crippen molar-refractivity contribution in [3.05, 3.63) is 12.4 Å². The zero-order chi connectivity index (χ0) is 20.1. The molecule has 2 saturated heterocycles. The van der Waals surface area contributed by atoms with Crippen molar-refractivity contribution in [2.75, 3.05) is 24.5 Å². The van der Waals surface area contributed by atoms with Gasteiger partial charge in [0.2, 0.25) is 11.9 Å². The molecule has 1 aliphatic carbocycles. The highest BCUT2D eigenvalue weighted by molar-refractivity contribution is 6.61. The minimum atomic E-state index is -0.438. The maximum Gasteiger partial charge on any atom is 0.498 e. The number of anilines is 1. The van der Waals surface area contributed by atoms with Crippen LogP contribution in [0, 0.1) is 5.92 Å². The van der Waals surface area contributed by atoms with Crippen molar-refractivity contribution in [1.82, 2.24) is 14.9 Å². The second kappa shape index (κ2) is 6.99. The van der Waals surface area contributed by atoms with Gasteiger partial charge in [0.05, 0.1) is 11.2 Å². The molecule has 3 fully saturated rings. The summed E-state index contributed by atoms with van der Waals surface area (Å²) >= 11 is 0. The van der Waals surface area contributed by atoms with Gasteiger partial charge in [-0.05, 0) is 52.9 Å². The lowest BCUT2D eigenvalue weighted by Crippen LogP contribution is -2.41. The van der Waals surface area contributed by atoms with Crippen molar-refractivity contribution in [3.63, 3.8) is 0 Å². The van der Waals surface area contributed by atoms with Crippen LogP contribution in [0.25, 0.3) is 0 Å². The van der Waals surface area contributed by atoms with Gasteiger partial charge in [-0.1, -0.05) is 0 Å². The van der Waals surface area contributed by atoms with Gasteiger partial charge in [-0.2, -0.15) is 0 Å². The second-order valence-corrected chi connectivity index (χ2v) is 9.41. The van der Waals surface area contributed by atoms with Gasteiger partial charge in [-0.25, -0.2) is 9.97 Å². The van der Waals surface area contributed by atoms with E-state index < -0.39 is 7.12 Å². The van der Waals surface area contributed by atoms with Crippen LogP contribution in [-0.2, 0) is 14.1 Å². The minimum absolute atomic E-state index is 0.170. The lowest BCUT2D eigenvalue weighted by Gasteiger charge is -2.32. The third-order valence-corrected chi connectivity index (χ3v) is 6.61. The number of carbonyl (C=O) groups is 1. The van der Waals surface area contributed by atoms with E-state index in [0.29, 0.717) is 12.0 Å². The molecule has 1 amide bonds. The van der Waals surface area contributed by atoms with Crippen molar-refractivity contribution < 1.29 is 14.1 Å². The fraction of sp³-hybridized carbons (Fsp3) is 0.750. The molecule has 1 unspecified atom stereocenters. The normalized spacial score (nSPS) is 26.0. The minimum Gasteiger partial charge on any atom is -0.399 e. The summed E-state index contributed by atoms with van der Waals surface area (Å²) in [4.78, 5) is 25.2. The lowest BCUT2D eigenvalue weighted by molar-refractivity contribution is -0.127. The van der Waals surface area contributed by atoms with E-state index in [1.807, 2.05) is 45.0 Å². The Bertz CT molecular complexity index is 719. The Morgan fingerprint density at radius 3 is 2.29 bits per heavy atom. The predicted molar refractivity (Wildman–Crippen MR) is 108 cm³/mol. The van der Waals surface area contributed by atoms with Gasteiger partial charge in [0.15, 0.2) is 0 Å². The first-order valence-electron chi connectivity index (χ1n) is 10.4. The molecule has 0 spiro atoms. The molecule has 1 saturated carbocycles. The van der Waals surface area contributed by atoms with Crippen LogP contribution in [0.3, 0.4) is 0 Å². The molecule has 3 aliphatic rings. The van der Waals surface area contributed by atoms with E-state index in [1.54, 1.807) is 6.92 Å². The summed E-state index contributed by atoms with van der Waals surface area (Å²) in [5.41, 5.74) is 0.102. The Morgan fingerprint density at radius 2 is 1.79 bits per heavy atom. The van der Waals surface area contributed by atoms with Crippen molar-refractivity contribution in [2.24, 2.45) is 5.92 Å². The van der Waals surface area contributed by atoms with Crippen LogP contribution in [0.4, 0.5) is 5.95 Å². The molecular weight excluding hydrogens is 355 g/mol. The van der Waals surface area contributed by atoms with Gasteiger partial charge in [-0.3, -0.25) is 4.79 Å². The lowest BCUT2D eigenvalue weighted by atomic mass is 9.81. The molecule has 3 heterocycles. The molecule has 0 radical (unpaired) electrons. The molecule has 0 aromatic carbocycles. The summed E-state index contributed by atoms with van der Waals surface area (Å²) in [6, 6.07) is 0.522. The number of likely N-dealkylation sites (tertiary alicyclic amines) is 1. The topological polar surface area (TPSA) is 67.8 Å². The quantitative estimate of drug-likeness (QED) is 0.717. The van der Waals surface area contributed by atoms with Crippen molar-refractivity contribution in [2.45, 2.75) is 71.1 Å². The smallest absolute Gasteiger partial charge is 0.399 e. The van der Waals surface area contributed by atoms with E-state index in [-0.39, 0.29) is 17.1 Å². The van der Waals surface area contributed by atoms with E-state index in [1.165, 1.54) is 12.8 Å². The summed E-state index contributed by atoms with van der Waals surface area (Å²) in [6.07, 6.45) is 7.08. The SMILES string of the molecule is CC(=O)N1CCC(CN(c2ncc(B3OC(C)(C)C(C)(C)O3)cn2)C2CC2)C1. The molecule has 28 heavy (non-hydrogen) atoms. The number of hydrogen-bond donors (Lipinski definition) is 0. The van der Waals surface area contributed by atoms with Gasteiger partial charge >= 0.3 is 7.12 Å². The number of hydrogen-bond acceptors (Lipinski definition) is 6. The second-order valence-electron chi connectivity index (χ2n) is 9.41. The largest absolute Gasteiger partial charge is 0.498 e. The molecule has 1 aromatic heterocycles. The van der Waals surface area contributed by atoms with Crippen LogP contribution in [0.2, 0.25) is 0 Å². The zero-order valence-electron chi connectivity index (χ0n) is 17.6. The Hall–Kier alpha value is -1.67. The Balaban J connectivity index is 1.44. The molecule has 1 aromatic rings. The third-order valence-electron chi connectivity index (χ3n) is 6.61. The maximum atomic E-state index is 11.6. The summed E-state index contributed by atoms with van der Waals surface area (Å²) < 4.78 is 12.2. The van der Waals surface area contributed by atoms with E-state index in [2.05, 4.69) is 14.9 Å². The molecule has 7 nitrogen and oxygen atoms in total. The molecule has 4 rings (SSSR count). The number of rotatable bonds is 5. The fourth-order valence-electron chi connectivity index (χ4n) is 3.91. The summed E-state index contributed by atoms with van der Waals surface area (Å²) in [6.45, 7) is 12.4. The maximum absolute atomic E-state index is 11.6. The molecular formula is C20H31BN4O3. The highest BCUT2D eigenvalue weighted by atomic mass is 16.7. The first-order chi connectivity index (χ1) is 13.2. The molecule has 1 atom stereocenters.